The predicted octanol–water partition coefficient (Wildman–Crippen LogP) is 3.56. The molecule has 2 aromatic heterocycles. The van der Waals surface area contributed by atoms with Gasteiger partial charge < -0.3 is 9.73 Å². The number of rotatable bonds is 1. The van der Waals surface area contributed by atoms with Crippen LogP contribution in [0.2, 0.25) is 10.2 Å². The average Bonchev–Trinajstić information content (AvgIpc) is 2.86. The number of fused-ring (bicyclic) bond motifs is 1. The Labute approximate surface area is 103 Å². The summed E-state index contributed by atoms with van der Waals surface area (Å²) >= 11 is 11.7. The van der Waals surface area contributed by atoms with Crippen LogP contribution in [-0.4, -0.2) is 11.5 Å². The van der Waals surface area contributed by atoms with E-state index in [2.05, 4.69) is 10.3 Å². The van der Waals surface area contributed by atoms with E-state index in [0.29, 0.717) is 21.8 Å². The maximum absolute atomic E-state index is 5.89. The molecule has 1 aliphatic heterocycles. The summed E-state index contributed by atoms with van der Waals surface area (Å²) in [4.78, 5) is 4.18. The maximum atomic E-state index is 5.89. The SMILES string of the molecule is Clc1cc2oc(C3CCCN3)cc2nc1Cl. The number of nitrogens with zero attached hydrogens (tertiary/aromatic N) is 1. The predicted molar refractivity (Wildman–Crippen MR) is 64.0 cm³/mol. The van der Waals surface area contributed by atoms with Crippen molar-refractivity contribution in [1.29, 1.82) is 0 Å². The minimum Gasteiger partial charge on any atom is -0.458 e. The van der Waals surface area contributed by atoms with Crippen LogP contribution in [0.15, 0.2) is 16.5 Å². The highest BCUT2D eigenvalue weighted by Crippen LogP contribution is 2.31. The number of pyridine rings is 1. The first-order valence-corrected chi connectivity index (χ1v) is 5.98. The van der Waals surface area contributed by atoms with Gasteiger partial charge in [-0.05, 0) is 19.4 Å². The summed E-state index contributed by atoms with van der Waals surface area (Å²) in [6.45, 7) is 1.04. The van der Waals surface area contributed by atoms with Crippen LogP contribution < -0.4 is 5.32 Å². The number of aromatic nitrogens is 1. The van der Waals surface area contributed by atoms with Gasteiger partial charge in [0.2, 0.25) is 0 Å². The van der Waals surface area contributed by atoms with Gasteiger partial charge in [0.25, 0.3) is 0 Å². The van der Waals surface area contributed by atoms with Crippen molar-refractivity contribution >= 4 is 34.3 Å². The molecular weight excluding hydrogens is 247 g/mol. The molecule has 1 fully saturated rings. The van der Waals surface area contributed by atoms with Crippen LogP contribution >= 0.6 is 23.2 Å². The normalized spacial score (nSPS) is 20.8. The molecule has 0 spiro atoms. The zero-order valence-electron chi connectivity index (χ0n) is 8.46. The second kappa shape index (κ2) is 3.91. The minimum absolute atomic E-state index is 0.298. The zero-order valence-corrected chi connectivity index (χ0v) is 9.98. The van der Waals surface area contributed by atoms with Crippen molar-refractivity contribution in [3.8, 4) is 0 Å². The molecular formula is C11H10Cl2N2O. The van der Waals surface area contributed by atoms with Crippen molar-refractivity contribution in [2.45, 2.75) is 18.9 Å². The van der Waals surface area contributed by atoms with E-state index in [-0.39, 0.29) is 0 Å². The third kappa shape index (κ3) is 1.69. The third-order valence-corrected chi connectivity index (χ3v) is 3.51. The quantitative estimate of drug-likeness (QED) is 0.794. The largest absolute Gasteiger partial charge is 0.458 e. The lowest BCUT2D eigenvalue weighted by molar-refractivity contribution is 0.471. The molecule has 1 N–H and O–H groups in total. The molecule has 0 saturated carbocycles. The van der Waals surface area contributed by atoms with Crippen molar-refractivity contribution in [2.24, 2.45) is 0 Å². The van der Waals surface area contributed by atoms with E-state index < -0.39 is 0 Å². The Kier molecular flexibility index (Phi) is 2.54. The Balaban J connectivity index is 2.08. The van der Waals surface area contributed by atoms with Crippen LogP contribution in [0.25, 0.3) is 11.1 Å². The molecule has 3 heterocycles. The lowest BCUT2D eigenvalue weighted by Gasteiger charge is -2.04. The van der Waals surface area contributed by atoms with E-state index in [1.165, 1.54) is 6.42 Å². The number of hydrogen-bond acceptors (Lipinski definition) is 3. The molecule has 0 aromatic carbocycles. The number of furan rings is 1. The van der Waals surface area contributed by atoms with E-state index in [1.54, 1.807) is 6.07 Å². The van der Waals surface area contributed by atoms with Gasteiger partial charge in [-0.2, -0.15) is 0 Å². The smallest absolute Gasteiger partial charge is 0.154 e. The van der Waals surface area contributed by atoms with Crippen LogP contribution in [0, 0.1) is 0 Å². The van der Waals surface area contributed by atoms with Gasteiger partial charge >= 0.3 is 0 Å². The summed E-state index contributed by atoms with van der Waals surface area (Å²) in [6.07, 6.45) is 2.28. The van der Waals surface area contributed by atoms with Gasteiger partial charge in [-0.3, -0.25) is 0 Å². The molecule has 1 unspecified atom stereocenters. The van der Waals surface area contributed by atoms with Gasteiger partial charge in [0.05, 0.1) is 11.1 Å². The molecule has 3 nitrogen and oxygen atoms in total. The number of nitrogens with one attached hydrogen (secondary N) is 1. The van der Waals surface area contributed by atoms with E-state index in [4.69, 9.17) is 27.6 Å². The van der Waals surface area contributed by atoms with Gasteiger partial charge in [-0.25, -0.2) is 4.98 Å². The molecule has 0 radical (unpaired) electrons. The fourth-order valence-electron chi connectivity index (χ4n) is 2.04. The highest BCUT2D eigenvalue weighted by Gasteiger charge is 2.20. The summed E-state index contributed by atoms with van der Waals surface area (Å²) in [7, 11) is 0. The summed E-state index contributed by atoms with van der Waals surface area (Å²) in [6, 6.07) is 3.94. The van der Waals surface area contributed by atoms with E-state index >= 15 is 0 Å². The third-order valence-electron chi connectivity index (χ3n) is 2.84. The molecule has 1 aliphatic rings. The van der Waals surface area contributed by atoms with Crippen molar-refractivity contribution in [1.82, 2.24) is 10.3 Å². The van der Waals surface area contributed by atoms with Gasteiger partial charge in [0.1, 0.15) is 16.4 Å². The number of hydrogen-bond donors (Lipinski definition) is 1. The fraction of sp³-hybridized carbons (Fsp3) is 0.364. The molecule has 16 heavy (non-hydrogen) atoms. The summed E-state index contributed by atoms with van der Waals surface area (Å²) in [5.41, 5.74) is 1.45. The van der Waals surface area contributed by atoms with E-state index in [0.717, 1.165) is 24.2 Å². The maximum Gasteiger partial charge on any atom is 0.154 e. The Morgan fingerprint density at radius 3 is 3.00 bits per heavy atom. The second-order valence-corrected chi connectivity index (χ2v) is 4.71. The minimum atomic E-state index is 0.298. The summed E-state index contributed by atoms with van der Waals surface area (Å²) in [5, 5.41) is 4.12. The first-order valence-electron chi connectivity index (χ1n) is 5.23. The molecule has 84 valence electrons. The van der Waals surface area contributed by atoms with Crippen LogP contribution in [0.4, 0.5) is 0 Å². The van der Waals surface area contributed by atoms with Crippen molar-refractivity contribution < 1.29 is 4.42 Å². The van der Waals surface area contributed by atoms with Crippen LogP contribution in [0.5, 0.6) is 0 Å². The zero-order chi connectivity index (χ0) is 11.1. The molecule has 2 aromatic rings. The molecule has 3 rings (SSSR count). The van der Waals surface area contributed by atoms with Crippen LogP contribution in [-0.2, 0) is 0 Å². The van der Waals surface area contributed by atoms with Crippen molar-refractivity contribution in [3.05, 3.63) is 28.1 Å². The van der Waals surface area contributed by atoms with E-state index in [9.17, 15) is 0 Å². The molecule has 0 bridgehead atoms. The highest BCUT2D eigenvalue weighted by atomic mass is 35.5. The molecule has 0 amide bonds. The molecule has 5 heteroatoms. The van der Waals surface area contributed by atoms with Gasteiger partial charge in [-0.15, -0.1) is 0 Å². The Morgan fingerprint density at radius 2 is 2.25 bits per heavy atom. The fourth-order valence-corrected chi connectivity index (χ4v) is 2.33. The average molecular weight is 257 g/mol. The first kappa shape index (κ1) is 10.4. The Morgan fingerprint density at radius 1 is 1.38 bits per heavy atom. The van der Waals surface area contributed by atoms with Gasteiger partial charge in [-0.1, -0.05) is 23.2 Å². The molecule has 0 aliphatic carbocycles. The van der Waals surface area contributed by atoms with Crippen LogP contribution in [0.3, 0.4) is 0 Å². The Bertz CT molecular complexity index is 493. The van der Waals surface area contributed by atoms with Crippen molar-refractivity contribution in [2.75, 3.05) is 6.54 Å². The Hall–Kier alpha value is -0.770. The van der Waals surface area contributed by atoms with Gasteiger partial charge in [0, 0.05) is 12.1 Å². The topological polar surface area (TPSA) is 38.1 Å². The lowest BCUT2D eigenvalue weighted by Crippen LogP contribution is -2.11. The lowest BCUT2D eigenvalue weighted by atomic mass is 10.2. The standard InChI is InChI=1S/C11H10Cl2N2O/c12-6-4-9-8(15-11(6)13)5-10(16-9)7-2-1-3-14-7/h4-5,7,14H,1-3H2. The van der Waals surface area contributed by atoms with Gasteiger partial charge in [0.15, 0.2) is 5.58 Å². The monoisotopic (exact) mass is 256 g/mol. The first-order chi connectivity index (χ1) is 7.74. The van der Waals surface area contributed by atoms with Crippen LogP contribution in [0.1, 0.15) is 24.6 Å². The molecule has 1 saturated heterocycles. The van der Waals surface area contributed by atoms with Crippen molar-refractivity contribution in [3.63, 3.8) is 0 Å². The number of halogens is 2. The summed E-state index contributed by atoms with van der Waals surface area (Å²) in [5.74, 6) is 0.915. The summed E-state index contributed by atoms with van der Waals surface area (Å²) < 4.78 is 5.72. The van der Waals surface area contributed by atoms with E-state index in [1.807, 2.05) is 6.07 Å². The molecule has 1 atom stereocenters. The second-order valence-electron chi connectivity index (χ2n) is 3.94. The highest BCUT2D eigenvalue weighted by molar-refractivity contribution is 6.41.